The SMILES string of the molecule is CC(C)c1ccnn1-c1ccc(CN)cc1. The second-order valence-corrected chi connectivity index (χ2v) is 4.19. The van der Waals surface area contributed by atoms with Gasteiger partial charge in [-0.2, -0.15) is 5.10 Å². The van der Waals surface area contributed by atoms with Crippen molar-refractivity contribution in [1.29, 1.82) is 0 Å². The summed E-state index contributed by atoms with van der Waals surface area (Å²) in [5.41, 5.74) is 9.03. The molecule has 84 valence electrons. The Balaban J connectivity index is 2.38. The van der Waals surface area contributed by atoms with Crippen molar-refractivity contribution in [3.05, 3.63) is 47.8 Å². The van der Waals surface area contributed by atoms with Gasteiger partial charge in [0.15, 0.2) is 0 Å². The fourth-order valence-corrected chi connectivity index (χ4v) is 1.74. The highest BCUT2D eigenvalue weighted by atomic mass is 15.3. The van der Waals surface area contributed by atoms with Gasteiger partial charge >= 0.3 is 0 Å². The van der Waals surface area contributed by atoms with E-state index in [1.807, 2.05) is 23.0 Å². The van der Waals surface area contributed by atoms with Crippen LogP contribution in [0.1, 0.15) is 31.0 Å². The van der Waals surface area contributed by atoms with E-state index in [0.29, 0.717) is 12.5 Å². The molecule has 0 aliphatic carbocycles. The van der Waals surface area contributed by atoms with Gasteiger partial charge in [-0.1, -0.05) is 26.0 Å². The van der Waals surface area contributed by atoms with Crippen molar-refractivity contribution in [1.82, 2.24) is 9.78 Å². The molecule has 2 rings (SSSR count). The maximum Gasteiger partial charge on any atom is 0.0649 e. The third-order valence-electron chi connectivity index (χ3n) is 2.68. The van der Waals surface area contributed by atoms with Gasteiger partial charge in [-0.3, -0.25) is 0 Å². The van der Waals surface area contributed by atoms with Gasteiger partial charge in [0.05, 0.1) is 5.69 Å². The highest BCUT2D eigenvalue weighted by Crippen LogP contribution is 2.18. The molecule has 1 aromatic carbocycles. The van der Waals surface area contributed by atoms with E-state index in [2.05, 4.69) is 37.1 Å². The third kappa shape index (κ3) is 1.99. The fourth-order valence-electron chi connectivity index (χ4n) is 1.74. The number of nitrogens with two attached hydrogens (primary N) is 1. The molecule has 0 radical (unpaired) electrons. The van der Waals surface area contributed by atoms with Crippen molar-refractivity contribution in [3.63, 3.8) is 0 Å². The molecule has 3 heteroatoms. The Morgan fingerprint density at radius 3 is 2.44 bits per heavy atom. The van der Waals surface area contributed by atoms with Gasteiger partial charge in [-0.25, -0.2) is 4.68 Å². The molecule has 0 spiro atoms. The zero-order chi connectivity index (χ0) is 11.5. The van der Waals surface area contributed by atoms with Gasteiger partial charge in [-0.05, 0) is 29.7 Å². The van der Waals surface area contributed by atoms with Gasteiger partial charge < -0.3 is 5.73 Å². The smallest absolute Gasteiger partial charge is 0.0649 e. The largest absolute Gasteiger partial charge is 0.326 e. The first kappa shape index (κ1) is 10.9. The Bertz CT molecular complexity index is 454. The second-order valence-electron chi connectivity index (χ2n) is 4.19. The predicted molar refractivity (Wildman–Crippen MR) is 65.5 cm³/mol. The molecule has 1 aromatic heterocycles. The molecule has 3 nitrogen and oxygen atoms in total. The maximum atomic E-state index is 5.57. The van der Waals surface area contributed by atoms with Crippen molar-refractivity contribution < 1.29 is 0 Å². The van der Waals surface area contributed by atoms with Crippen LogP contribution in [0.15, 0.2) is 36.5 Å². The Morgan fingerprint density at radius 1 is 1.19 bits per heavy atom. The van der Waals surface area contributed by atoms with Crippen LogP contribution in [0, 0.1) is 0 Å². The van der Waals surface area contributed by atoms with E-state index in [1.165, 1.54) is 5.69 Å². The van der Waals surface area contributed by atoms with Gasteiger partial charge in [0.2, 0.25) is 0 Å². The van der Waals surface area contributed by atoms with E-state index in [9.17, 15) is 0 Å². The highest BCUT2D eigenvalue weighted by Gasteiger charge is 2.07. The standard InChI is InChI=1S/C13H17N3/c1-10(2)13-7-8-15-16(13)12-5-3-11(9-14)4-6-12/h3-8,10H,9,14H2,1-2H3. The number of hydrogen-bond donors (Lipinski definition) is 1. The lowest BCUT2D eigenvalue weighted by atomic mass is 10.1. The average molecular weight is 215 g/mol. The molecule has 0 aliphatic rings. The molecule has 0 fully saturated rings. The van der Waals surface area contributed by atoms with Crippen molar-refractivity contribution in [3.8, 4) is 5.69 Å². The molecule has 0 unspecified atom stereocenters. The molecule has 2 N–H and O–H groups in total. The Hall–Kier alpha value is -1.61. The Labute approximate surface area is 95.9 Å². The number of nitrogens with zero attached hydrogens (tertiary/aromatic N) is 2. The average Bonchev–Trinajstić information content (AvgIpc) is 2.78. The van der Waals surface area contributed by atoms with Crippen molar-refractivity contribution in [2.75, 3.05) is 0 Å². The van der Waals surface area contributed by atoms with Crippen LogP contribution in [0.4, 0.5) is 0 Å². The zero-order valence-corrected chi connectivity index (χ0v) is 9.72. The fraction of sp³-hybridized carbons (Fsp3) is 0.308. The number of rotatable bonds is 3. The third-order valence-corrected chi connectivity index (χ3v) is 2.68. The van der Waals surface area contributed by atoms with E-state index < -0.39 is 0 Å². The minimum atomic E-state index is 0.469. The quantitative estimate of drug-likeness (QED) is 0.854. The van der Waals surface area contributed by atoms with Crippen LogP contribution >= 0.6 is 0 Å². The minimum absolute atomic E-state index is 0.469. The number of benzene rings is 1. The van der Waals surface area contributed by atoms with Crippen molar-refractivity contribution >= 4 is 0 Å². The number of aromatic nitrogens is 2. The lowest BCUT2D eigenvalue weighted by Gasteiger charge is -2.10. The second kappa shape index (κ2) is 4.49. The first-order valence-electron chi connectivity index (χ1n) is 5.55. The highest BCUT2D eigenvalue weighted by molar-refractivity contribution is 5.35. The minimum Gasteiger partial charge on any atom is -0.326 e. The van der Waals surface area contributed by atoms with Gasteiger partial charge in [0, 0.05) is 18.4 Å². The monoisotopic (exact) mass is 215 g/mol. The Morgan fingerprint density at radius 2 is 1.88 bits per heavy atom. The Kier molecular flexibility index (Phi) is 3.06. The summed E-state index contributed by atoms with van der Waals surface area (Å²) in [5.74, 6) is 0.469. The molecular weight excluding hydrogens is 198 g/mol. The van der Waals surface area contributed by atoms with Crippen LogP contribution in [-0.2, 0) is 6.54 Å². The summed E-state index contributed by atoms with van der Waals surface area (Å²) in [6.07, 6.45) is 1.84. The molecule has 0 atom stereocenters. The summed E-state index contributed by atoms with van der Waals surface area (Å²) in [7, 11) is 0. The first-order chi connectivity index (χ1) is 7.72. The first-order valence-corrected chi connectivity index (χ1v) is 5.55. The van der Waals surface area contributed by atoms with E-state index in [0.717, 1.165) is 11.3 Å². The normalized spacial score (nSPS) is 11.0. The van der Waals surface area contributed by atoms with Crippen LogP contribution in [-0.4, -0.2) is 9.78 Å². The summed E-state index contributed by atoms with van der Waals surface area (Å²) in [5, 5.41) is 4.35. The summed E-state index contributed by atoms with van der Waals surface area (Å²) in [4.78, 5) is 0. The molecule has 16 heavy (non-hydrogen) atoms. The molecule has 0 aliphatic heterocycles. The maximum absolute atomic E-state index is 5.57. The lowest BCUT2D eigenvalue weighted by molar-refractivity contribution is 0.734. The van der Waals surface area contributed by atoms with Crippen LogP contribution < -0.4 is 5.73 Å². The summed E-state index contributed by atoms with van der Waals surface area (Å²) in [6, 6.07) is 10.3. The summed E-state index contributed by atoms with van der Waals surface area (Å²) >= 11 is 0. The summed E-state index contributed by atoms with van der Waals surface area (Å²) in [6.45, 7) is 4.92. The molecule has 1 heterocycles. The molecule has 2 aromatic rings. The van der Waals surface area contributed by atoms with E-state index in [1.54, 1.807) is 0 Å². The predicted octanol–water partition coefficient (Wildman–Crippen LogP) is 2.45. The van der Waals surface area contributed by atoms with Gasteiger partial charge in [0.1, 0.15) is 0 Å². The molecule has 0 bridgehead atoms. The van der Waals surface area contributed by atoms with Crippen LogP contribution in [0.5, 0.6) is 0 Å². The number of hydrogen-bond acceptors (Lipinski definition) is 2. The molecule has 0 saturated heterocycles. The summed E-state index contributed by atoms with van der Waals surface area (Å²) < 4.78 is 1.98. The van der Waals surface area contributed by atoms with E-state index in [-0.39, 0.29) is 0 Å². The van der Waals surface area contributed by atoms with Crippen LogP contribution in [0.3, 0.4) is 0 Å². The topological polar surface area (TPSA) is 43.8 Å². The molecule has 0 amide bonds. The van der Waals surface area contributed by atoms with E-state index >= 15 is 0 Å². The van der Waals surface area contributed by atoms with Crippen LogP contribution in [0.25, 0.3) is 5.69 Å². The van der Waals surface area contributed by atoms with Crippen molar-refractivity contribution in [2.45, 2.75) is 26.3 Å². The van der Waals surface area contributed by atoms with Crippen LogP contribution in [0.2, 0.25) is 0 Å². The van der Waals surface area contributed by atoms with Crippen molar-refractivity contribution in [2.24, 2.45) is 5.73 Å². The van der Waals surface area contributed by atoms with Gasteiger partial charge in [0.25, 0.3) is 0 Å². The van der Waals surface area contributed by atoms with E-state index in [4.69, 9.17) is 5.73 Å². The lowest BCUT2D eigenvalue weighted by Crippen LogP contribution is -2.04. The zero-order valence-electron chi connectivity index (χ0n) is 9.72. The molecular formula is C13H17N3. The van der Waals surface area contributed by atoms with Gasteiger partial charge in [-0.15, -0.1) is 0 Å². The molecule has 0 saturated carbocycles.